The van der Waals surface area contributed by atoms with E-state index in [1.54, 1.807) is 23.7 Å². The number of nitrogens with zero attached hydrogens (tertiary/aromatic N) is 2. The molecule has 2 N–H and O–H groups in total. The van der Waals surface area contributed by atoms with Crippen molar-refractivity contribution < 1.29 is 9.53 Å². The Morgan fingerprint density at radius 3 is 2.68 bits per heavy atom. The predicted molar refractivity (Wildman–Crippen MR) is 111 cm³/mol. The van der Waals surface area contributed by atoms with Gasteiger partial charge in [0.15, 0.2) is 0 Å². The van der Waals surface area contributed by atoms with Crippen molar-refractivity contribution in [3.63, 3.8) is 0 Å². The van der Waals surface area contributed by atoms with E-state index in [1.165, 1.54) is 12.8 Å². The standard InChI is InChI=1S/C21H22N4O2S/c26-21(25-17-9-7-15(8-10-17)20-23-12-13-28-20)24-14-16-4-3-11-22-19(16)27-18-5-1-2-6-18/h3-4,7-13,18H,1-2,5-6,14H2,(H2,24,25,26). The number of aromatic nitrogens is 2. The predicted octanol–water partition coefficient (Wildman–Crippen LogP) is 4.85. The molecule has 1 aromatic carbocycles. The van der Waals surface area contributed by atoms with Gasteiger partial charge < -0.3 is 15.4 Å². The molecule has 0 aliphatic heterocycles. The molecule has 6 nitrogen and oxygen atoms in total. The first kappa shape index (κ1) is 18.4. The van der Waals surface area contributed by atoms with Gasteiger partial charge in [-0.05, 0) is 56.0 Å². The number of carbonyl (C=O) groups is 1. The zero-order valence-corrected chi connectivity index (χ0v) is 16.2. The van der Waals surface area contributed by atoms with E-state index in [-0.39, 0.29) is 12.1 Å². The lowest BCUT2D eigenvalue weighted by Crippen LogP contribution is -2.28. The van der Waals surface area contributed by atoms with Gasteiger partial charge in [-0.15, -0.1) is 11.3 Å². The molecule has 3 aromatic rings. The minimum atomic E-state index is -0.266. The molecule has 4 rings (SSSR count). The number of anilines is 1. The van der Waals surface area contributed by atoms with E-state index in [1.807, 2.05) is 41.8 Å². The number of hydrogen-bond donors (Lipinski definition) is 2. The number of amides is 2. The lowest BCUT2D eigenvalue weighted by atomic mass is 10.2. The molecule has 2 aromatic heterocycles. The fourth-order valence-electron chi connectivity index (χ4n) is 3.24. The molecule has 0 unspecified atom stereocenters. The summed E-state index contributed by atoms with van der Waals surface area (Å²) in [7, 11) is 0. The number of rotatable bonds is 6. The van der Waals surface area contributed by atoms with Crippen molar-refractivity contribution >= 4 is 23.1 Å². The number of carbonyl (C=O) groups excluding carboxylic acids is 1. The molecule has 1 fully saturated rings. The van der Waals surface area contributed by atoms with Crippen LogP contribution in [0.1, 0.15) is 31.2 Å². The van der Waals surface area contributed by atoms with Crippen LogP contribution in [-0.4, -0.2) is 22.1 Å². The molecule has 2 amide bonds. The number of ether oxygens (including phenoxy) is 1. The summed E-state index contributed by atoms with van der Waals surface area (Å²) in [5.74, 6) is 0.613. The van der Waals surface area contributed by atoms with E-state index in [0.29, 0.717) is 12.4 Å². The zero-order chi connectivity index (χ0) is 19.2. The summed E-state index contributed by atoms with van der Waals surface area (Å²) in [6.45, 7) is 0.360. The smallest absolute Gasteiger partial charge is 0.319 e. The Balaban J connectivity index is 1.32. The van der Waals surface area contributed by atoms with Gasteiger partial charge in [0, 0.05) is 41.1 Å². The van der Waals surface area contributed by atoms with Gasteiger partial charge in [0.1, 0.15) is 11.1 Å². The minimum Gasteiger partial charge on any atom is -0.474 e. The summed E-state index contributed by atoms with van der Waals surface area (Å²) >= 11 is 1.59. The molecule has 0 radical (unpaired) electrons. The molecule has 1 saturated carbocycles. The van der Waals surface area contributed by atoms with Crippen LogP contribution < -0.4 is 15.4 Å². The molecule has 0 atom stereocenters. The van der Waals surface area contributed by atoms with Gasteiger partial charge in [0.25, 0.3) is 0 Å². The summed E-state index contributed by atoms with van der Waals surface area (Å²) in [6.07, 6.45) is 8.28. The molecule has 1 aliphatic carbocycles. The third-order valence-electron chi connectivity index (χ3n) is 4.69. The van der Waals surface area contributed by atoms with Crippen LogP contribution in [0.5, 0.6) is 5.88 Å². The average Bonchev–Trinajstić information content (AvgIpc) is 3.42. The summed E-state index contributed by atoms with van der Waals surface area (Å²) < 4.78 is 6.02. The lowest BCUT2D eigenvalue weighted by molar-refractivity contribution is 0.199. The van der Waals surface area contributed by atoms with Gasteiger partial charge in [-0.2, -0.15) is 0 Å². The molecular formula is C21H22N4O2S. The van der Waals surface area contributed by atoms with E-state index >= 15 is 0 Å². The van der Waals surface area contributed by atoms with Gasteiger partial charge in [0.2, 0.25) is 5.88 Å². The monoisotopic (exact) mass is 394 g/mol. The van der Waals surface area contributed by atoms with E-state index in [9.17, 15) is 4.79 Å². The second kappa shape index (κ2) is 8.84. The third kappa shape index (κ3) is 4.67. The highest BCUT2D eigenvalue weighted by molar-refractivity contribution is 7.13. The van der Waals surface area contributed by atoms with Crippen molar-refractivity contribution in [3.05, 3.63) is 59.7 Å². The molecule has 144 valence electrons. The summed E-state index contributed by atoms with van der Waals surface area (Å²) in [5, 5.41) is 8.63. The Hall–Kier alpha value is -2.93. The third-order valence-corrected chi connectivity index (χ3v) is 5.51. The van der Waals surface area contributed by atoms with Crippen LogP contribution in [0.2, 0.25) is 0 Å². The first-order valence-corrected chi connectivity index (χ1v) is 10.3. The second-order valence-electron chi connectivity index (χ2n) is 6.71. The maximum absolute atomic E-state index is 12.3. The Morgan fingerprint density at radius 2 is 1.93 bits per heavy atom. The molecule has 7 heteroatoms. The maximum Gasteiger partial charge on any atom is 0.319 e. The highest BCUT2D eigenvalue weighted by Gasteiger charge is 2.18. The number of nitrogens with one attached hydrogen (secondary N) is 2. The Bertz CT molecular complexity index is 906. The van der Waals surface area contributed by atoms with Gasteiger partial charge in [-0.25, -0.2) is 14.8 Å². The number of pyridine rings is 1. The highest BCUT2D eigenvalue weighted by atomic mass is 32.1. The van der Waals surface area contributed by atoms with Crippen LogP contribution in [0, 0.1) is 0 Å². The van der Waals surface area contributed by atoms with Gasteiger partial charge in [0.05, 0.1) is 0 Å². The van der Waals surface area contributed by atoms with E-state index in [4.69, 9.17) is 4.74 Å². The van der Waals surface area contributed by atoms with Crippen LogP contribution in [0.25, 0.3) is 10.6 Å². The number of urea groups is 1. The van der Waals surface area contributed by atoms with Crippen molar-refractivity contribution in [3.8, 4) is 16.5 Å². The Kier molecular flexibility index (Phi) is 5.82. The number of hydrogen-bond acceptors (Lipinski definition) is 5. The fraction of sp³-hybridized carbons (Fsp3) is 0.286. The van der Waals surface area contributed by atoms with Crippen LogP contribution in [0.15, 0.2) is 54.2 Å². The minimum absolute atomic E-state index is 0.235. The maximum atomic E-state index is 12.3. The van der Waals surface area contributed by atoms with E-state index < -0.39 is 0 Å². The molecule has 0 saturated heterocycles. The molecular weight excluding hydrogens is 372 g/mol. The summed E-state index contributed by atoms with van der Waals surface area (Å²) in [4.78, 5) is 20.9. The molecule has 1 aliphatic rings. The lowest BCUT2D eigenvalue weighted by Gasteiger charge is -2.15. The first-order chi connectivity index (χ1) is 13.8. The average molecular weight is 394 g/mol. The van der Waals surface area contributed by atoms with Crippen molar-refractivity contribution in [1.29, 1.82) is 0 Å². The van der Waals surface area contributed by atoms with Crippen molar-refractivity contribution in [2.45, 2.75) is 38.3 Å². The fourth-order valence-corrected chi connectivity index (χ4v) is 3.89. The Labute approximate surface area is 168 Å². The molecule has 2 heterocycles. The van der Waals surface area contributed by atoms with Crippen molar-refractivity contribution in [2.75, 3.05) is 5.32 Å². The van der Waals surface area contributed by atoms with E-state index in [2.05, 4.69) is 20.6 Å². The van der Waals surface area contributed by atoms with Crippen molar-refractivity contribution in [1.82, 2.24) is 15.3 Å². The normalized spacial score (nSPS) is 14.0. The van der Waals surface area contributed by atoms with E-state index in [0.717, 1.165) is 34.7 Å². The number of thiazole rings is 1. The van der Waals surface area contributed by atoms with Gasteiger partial charge in [-0.1, -0.05) is 6.07 Å². The highest BCUT2D eigenvalue weighted by Crippen LogP contribution is 2.25. The van der Waals surface area contributed by atoms with Crippen LogP contribution in [0.4, 0.5) is 10.5 Å². The quantitative estimate of drug-likeness (QED) is 0.627. The summed E-state index contributed by atoms with van der Waals surface area (Å²) in [5.41, 5.74) is 2.64. The summed E-state index contributed by atoms with van der Waals surface area (Å²) in [6, 6.07) is 11.2. The first-order valence-electron chi connectivity index (χ1n) is 9.43. The second-order valence-corrected chi connectivity index (χ2v) is 7.61. The largest absolute Gasteiger partial charge is 0.474 e. The van der Waals surface area contributed by atoms with Crippen LogP contribution >= 0.6 is 11.3 Å². The molecule has 0 bridgehead atoms. The SMILES string of the molecule is O=C(NCc1cccnc1OC1CCCC1)Nc1ccc(-c2nccs2)cc1. The van der Waals surface area contributed by atoms with Crippen molar-refractivity contribution in [2.24, 2.45) is 0 Å². The molecule has 28 heavy (non-hydrogen) atoms. The van der Waals surface area contributed by atoms with Gasteiger partial charge >= 0.3 is 6.03 Å². The topological polar surface area (TPSA) is 76.1 Å². The zero-order valence-electron chi connectivity index (χ0n) is 15.4. The number of benzene rings is 1. The van der Waals surface area contributed by atoms with Crippen LogP contribution in [-0.2, 0) is 6.54 Å². The Morgan fingerprint density at radius 1 is 1.11 bits per heavy atom. The molecule has 0 spiro atoms. The van der Waals surface area contributed by atoms with Crippen LogP contribution in [0.3, 0.4) is 0 Å². The van der Waals surface area contributed by atoms with Gasteiger partial charge in [-0.3, -0.25) is 0 Å².